The first kappa shape index (κ1) is 15.7. The normalized spacial score (nSPS) is 24.4. The van der Waals surface area contributed by atoms with E-state index >= 15 is 0 Å². The number of nitrogens with one attached hydrogen (secondary N) is 1. The molecule has 3 unspecified atom stereocenters. The van der Waals surface area contributed by atoms with Gasteiger partial charge in [-0.2, -0.15) is 10.4 Å². The highest BCUT2D eigenvalue weighted by molar-refractivity contribution is 5.89. The standard InChI is InChI=1S/C17H18N6O2/c18-3-1-13(10-5-14(24)15(25)6-10)23-8-11(7-22-23)16-12-2-4-19-17(12)21-9-20-16/h2,4,7-10,13-15,24-25H,1,5-6H2,(H,19,20,21). The monoisotopic (exact) mass is 338 g/mol. The molecule has 0 saturated heterocycles. The van der Waals surface area contributed by atoms with E-state index in [9.17, 15) is 15.5 Å². The minimum Gasteiger partial charge on any atom is -0.390 e. The van der Waals surface area contributed by atoms with Gasteiger partial charge in [-0.15, -0.1) is 0 Å². The van der Waals surface area contributed by atoms with Crippen molar-refractivity contribution in [2.45, 2.75) is 37.5 Å². The maximum atomic E-state index is 9.83. The van der Waals surface area contributed by atoms with Gasteiger partial charge in [0.15, 0.2) is 0 Å². The third-order valence-electron chi connectivity index (χ3n) is 4.95. The molecule has 1 aliphatic rings. The number of aliphatic hydroxyl groups is 2. The molecule has 3 atom stereocenters. The fourth-order valence-electron chi connectivity index (χ4n) is 3.66. The molecule has 25 heavy (non-hydrogen) atoms. The molecule has 1 saturated carbocycles. The highest BCUT2D eigenvalue weighted by atomic mass is 16.3. The summed E-state index contributed by atoms with van der Waals surface area (Å²) in [5.41, 5.74) is 2.38. The smallest absolute Gasteiger partial charge is 0.141 e. The van der Waals surface area contributed by atoms with Crippen LogP contribution in [0.25, 0.3) is 22.3 Å². The lowest BCUT2D eigenvalue weighted by molar-refractivity contribution is 0.0438. The van der Waals surface area contributed by atoms with Gasteiger partial charge in [-0.25, -0.2) is 9.97 Å². The Labute approximate surface area is 143 Å². The van der Waals surface area contributed by atoms with Gasteiger partial charge in [0.2, 0.25) is 0 Å². The van der Waals surface area contributed by atoms with E-state index in [1.165, 1.54) is 6.33 Å². The maximum absolute atomic E-state index is 9.83. The van der Waals surface area contributed by atoms with E-state index in [0.29, 0.717) is 12.8 Å². The Kier molecular flexibility index (Phi) is 3.95. The van der Waals surface area contributed by atoms with Gasteiger partial charge < -0.3 is 15.2 Å². The molecule has 0 amide bonds. The zero-order valence-electron chi connectivity index (χ0n) is 13.4. The molecule has 0 radical (unpaired) electrons. The second-order valence-electron chi connectivity index (χ2n) is 6.47. The van der Waals surface area contributed by atoms with E-state index in [1.807, 2.05) is 18.5 Å². The van der Waals surface area contributed by atoms with Crippen LogP contribution in [0.1, 0.15) is 25.3 Å². The summed E-state index contributed by atoms with van der Waals surface area (Å²) >= 11 is 0. The molecule has 3 heterocycles. The van der Waals surface area contributed by atoms with Crippen LogP contribution in [0, 0.1) is 17.2 Å². The van der Waals surface area contributed by atoms with Crippen LogP contribution in [-0.4, -0.2) is 47.2 Å². The van der Waals surface area contributed by atoms with Crippen LogP contribution >= 0.6 is 0 Å². The second-order valence-corrected chi connectivity index (χ2v) is 6.47. The molecule has 3 N–H and O–H groups in total. The summed E-state index contributed by atoms with van der Waals surface area (Å²) in [5.74, 6) is 0.00933. The Bertz CT molecular complexity index is 917. The number of nitrogens with zero attached hydrogens (tertiary/aromatic N) is 5. The third-order valence-corrected chi connectivity index (χ3v) is 4.95. The average molecular weight is 338 g/mol. The molecule has 0 spiro atoms. The zero-order chi connectivity index (χ0) is 17.4. The molecule has 1 aliphatic carbocycles. The quantitative estimate of drug-likeness (QED) is 0.661. The molecule has 0 bridgehead atoms. The first-order valence-electron chi connectivity index (χ1n) is 8.23. The fourth-order valence-corrected chi connectivity index (χ4v) is 3.66. The Balaban J connectivity index is 1.67. The number of hydrogen-bond acceptors (Lipinski definition) is 6. The topological polar surface area (TPSA) is 124 Å². The van der Waals surface area contributed by atoms with E-state index in [1.54, 1.807) is 10.9 Å². The Morgan fingerprint density at radius 3 is 2.88 bits per heavy atom. The van der Waals surface area contributed by atoms with Gasteiger partial charge in [0.1, 0.15) is 12.0 Å². The second kappa shape index (κ2) is 6.27. The van der Waals surface area contributed by atoms with Gasteiger partial charge >= 0.3 is 0 Å². The molecule has 8 nitrogen and oxygen atoms in total. The lowest BCUT2D eigenvalue weighted by Gasteiger charge is -2.21. The summed E-state index contributed by atoms with van der Waals surface area (Å²) in [6, 6.07) is 3.92. The third kappa shape index (κ3) is 2.77. The molecule has 0 aromatic carbocycles. The maximum Gasteiger partial charge on any atom is 0.141 e. The van der Waals surface area contributed by atoms with Gasteiger partial charge in [-0.05, 0) is 24.8 Å². The van der Waals surface area contributed by atoms with Crippen molar-refractivity contribution in [3.63, 3.8) is 0 Å². The minimum absolute atomic E-state index is 0.00933. The predicted molar refractivity (Wildman–Crippen MR) is 89.1 cm³/mol. The number of aromatic nitrogens is 5. The van der Waals surface area contributed by atoms with Crippen LogP contribution in [0.5, 0.6) is 0 Å². The van der Waals surface area contributed by atoms with Gasteiger partial charge in [0.25, 0.3) is 0 Å². The molecule has 3 aromatic rings. The van der Waals surface area contributed by atoms with Crippen LogP contribution in [0.4, 0.5) is 0 Å². The van der Waals surface area contributed by atoms with Crippen LogP contribution < -0.4 is 0 Å². The van der Waals surface area contributed by atoms with Crippen molar-refractivity contribution < 1.29 is 10.2 Å². The Morgan fingerprint density at radius 1 is 1.32 bits per heavy atom. The minimum atomic E-state index is -0.734. The molecular formula is C17H18N6O2. The largest absolute Gasteiger partial charge is 0.390 e. The highest BCUT2D eigenvalue weighted by Gasteiger charge is 2.37. The fraction of sp³-hybridized carbons (Fsp3) is 0.412. The first-order chi connectivity index (χ1) is 12.2. The number of hydrogen-bond donors (Lipinski definition) is 3. The summed E-state index contributed by atoms with van der Waals surface area (Å²) in [6.07, 6.45) is 6.65. The highest BCUT2D eigenvalue weighted by Crippen LogP contribution is 2.37. The molecule has 8 heteroatoms. The summed E-state index contributed by atoms with van der Waals surface area (Å²) in [6.45, 7) is 0. The SMILES string of the molecule is N#CCC(C1CC(O)C(O)C1)n1cc(-c2ncnc3[nH]ccc23)cn1. The van der Waals surface area contributed by atoms with Crippen molar-refractivity contribution in [2.75, 3.05) is 0 Å². The van der Waals surface area contributed by atoms with Crippen molar-refractivity contribution in [1.82, 2.24) is 24.7 Å². The van der Waals surface area contributed by atoms with Gasteiger partial charge in [-0.3, -0.25) is 4.68 Å². The number of aromatic amines is 1. The average Bonchev–Trinajstić information content (AvgIpc) is 3.33. The number of fused-ring (bicyclic) bond motifs is 1. The Morgan fingerprint density at radius 2 is 2.12 bits per heavy atom. The molecular weight excluding hydrogens is 320 g/mol. The van der Waals surface area contributed by atoms with Gasteiger partial charge in [0.05, 0.1) is 42.6 Å². The van der Waals surface area contributed by atoms with E-state index in [0.717, 1.165) is 22.3 Å². The number of aliphatic hydroxyl groups excluding tert-OH is 2. The van der Waals surface area contributed by atoms with Crippen LogP contribution in [0.2, 0.25) is 0 Å². The van der Waals surface area contributed by atoms with Crippen molar-refractivity contribution in [3.05, 3.63) is 31.0 Å². The lowest BCUT2D eigenvalue weighted by atomic mass is 9.95. The molecule has 3 aromatic heterocycles. The number of nitriles is 1. The van der Waals surface area contributed by atoms with E-state index in [-0.39, 0.29) is 18.4 Å². The van der Waals surface area contributed by atoms with Crippen molar-refractivity contribution in [2.24, 2.45) is 5.92 Å². The van der Waals surface area contributed by atoms with Crippen molar-refractivity contribution in [3.8, 4) is 17.3 Å². The lowest BCUT2D eigenvalue weighted by Crippen LogP contribution is -2.18. The number of H-pyrrole nitrogens is 1. The van der Waals surface area contributed by atoms with Crippen LogP contribution in [-0.2, 0) is 0 Å². The van der Waals surface area contributed by atoms with Crippen LogP contribution in [0.15, 0.2) is 31.0 Å². The van der Waals surface area contributed by atoms with Gasteiger partial charge in [0, 0.05) is 23.3 Å². The summed E-state index contributed by atoms with van der Waals surface area (Å²) in [5, 5.41) is 34.2. The molecule has 128 valence electrons. The zero-order valence-corrected chi connectivity index (χ0v) is 13.4. The van der Waals surface area contributed by atoms with E-state index in [4.69, 9.17) is 0 Å². The summed E-state index contributed by atoms with van der Waals surface area (Å²) < 4.78 is 1.76. The molecule has 0 aliphatic heterocycles. The van der Waals surface area contributed by atoms with Crippen molar-refractivity contribution >= 4 is 11.0 Å². The first-order valence-corrected chi connectivity index (χ1v) is 8.23. The Hall–Kier alpha value is -2.76. The predicted octanol–water partition coefficient (Wildman–Crippen LogP) is 1.41. The summed E-state index contributed by atoms with van der Waals surface area (Å²) in [7, 11) is 0. The van der Waals surface area contributed by atoms with E-state index in [2.05, 4.69) is 26.1 Å². The molecule has 1 fully saturated rings. The van der Waals surface area contributed by atoms with Crippen LogP contribution in [0.3, 0.4) is 0 Å². The summed E-state index contributed by atoms with van der Waals surface area (Å²) in [4.78, 5) is 11.6. The molecule has 4 rings (SSSR count). The van der Waals surface area contributed by atoms with Crippen molar-refractivity contribution in [1.29, 1.82) is 5.26 Å². The van der Waals surface area contributed by atoms with Gasteiger partial charge in [-0.1, -0.05) is 0 Å². The van der Waals surface area contributed by atoms with E-state index < -0.39 is 12.2 Å². The number of rotatable bonds is 4.